The fourth-order valence-electron chi connectivity index (χ4n) is 2.74. The Kier molecular flexibility index (Phi) is 4.35. The average molecular weight is 359 g/mol. The number of rotatable bonds is 3. The smallest absolute Gasteiger partial charge is 0.277 e. The van der Waals surface area contributed by atoms with Gasteiger partial charge in [0.05, 0.1) is 31.1 Å². The van der Waals surface area contributed by atoms with Crippen LogP contribution in [-0.4, -0.2) is 54.5 Å². The van der Waals surface area contributed by atoms with Crippen molar-refractivity contribution < 1.29 is 14.3 Å². The van der Waals surface area contributed by atoms with Gasteiger partial charge >= 0.3 is 0 Å². The fourth-order valence-corrected chi connectivity index (χ4v) is 3.63. The number of hydrogen-bond donors (Lipinski definition) is 3. The summed E-state index contributed by atoms with van der Waals surface area (Å²) in [5.41, 5.74) is 1.78. The zero-order valence-electron chi connectivity index (χ0n) is 13.4. The largest absolute Gasteiger partial charge is 0.379 e. The number of hydrogen-bond acceptors (Lipinski definition) is 7. The number of ether oxygens (including phenoxy) is 1. The van der Waals surface area contributed by atoms with Gasteiger partial charge in [0.25, 0.3) is 5.91 Å². The molecule has 1 fully saturated rings. The van der Waals surface area contributed by atoms with Crippen LogP contribution in [0.15, 0.2) is 24.3 Å². The zero-order valence-corrected chi connectivity index (χ0v) is 14.2. The number of para-hydroxylation sites is 2. The van der Waals surface area contributed by atoms with E-state index in [1.165, 1.54) is 11.3 Å². The molecule has 1 saturated heterocycles. The molecule has 2 aliphatic heterocycles. The SMILES string of the molecule is O=C(CN1CCOCC1)Nc1nc2c(s1)Nc1ccccc1NC2=O. The highest BCUT2D eigenvalue weighted by molar-refractivity contribution is 7.20. The topological polar surface area (TPSA) is 95.6 Å². The van der Waals surface area contributed by atoms with Crippen LogP contribution in [0.25, 0.3) is 0 Å². The highest BCUT2D eigenvalue weighted by Gasteiger charge is 2.24. The van der Waals surface area contributed by atoms with Gasteiger partial charge in [-0.1, -0.05) is 23.5 Å². The molecule has 25 heavy (non-hydrogen) atoms. The molecule has 8 nitrogen and oxygen atoms in total. The lowest BCUT2D eigenvalue weighted by molar-refractivity contribution is -0.118. The summed E-state index contributed by atoms with van der Waals surface area (Å²) in [6, 6.07) is 7.43. The molecule has 0 spiro atoms. The summed E-state index contributed by atoms with van der Waals surface area (Å²) >= 11 is 1.25. The number of fused-ring (bicyclic) bond motifs is 2. The van der Waals surface area contributed by atoms with Gasteiger partial charge in [-0.3, -0.25) is 14.5 Å². The number of carbonyl (C=O) groups is 2. The van der Waals surface area contributed by atoms with Crippen LogP contribution in [0, 0.1) is 0 Å². The van der Waals surface area contributed by atoms with Crippen LogP contribution in [-0.2, 0) is 9.53 Å². The van der Waals surface area contributed by atoms with E-state index in [1.807, 2.05) is 29.2 Å². The number of anilines is 4. The minimum atomic E-state index is -0.294. The number of benzene rings is 1. The van der Waals surface area contributed by atoms with Crippen molar-refractivity contribution in [3.63, 3.8) is 0 Å². The number of thiazole rings is 1. The number of morpholine rings is 1. The Morgan fingerprint density at radius 1 is 1.24 bits per heavy atom. The molecular weight excluding hydrogens is 342 g/mol. The van der Waals surface area contributed by atoms with E-state index in [0.29, 0.717) is 29.0 Å². The van der Waals surface area contributed by atoms with E-state index >= 15 is 0 Å². The van der Waals surface area contributed by atoms with Gasteiger partial charge in [0.15, 0.2) is 10.8 Å². The van der Waals surface area contributed by atoms with Crippen molar-refractivity contribution in [1.82, 2.24) is 9.88 Å². The second-order valence-electron chi connectivity index (χ2n) is 5.76. The number of nitrogens with zero attached hydrogens (tertiary/aromatic N) is 2. The molecule has 2 aromatic rings. The predicted octanol–water partition coefficient (Wildman–Crippen LogP) is 1.72. The van der Waals surface area contributed by atoms with Gasteiger partial charge in [0.2, 0.25) is 5.91 Å². The number of aromatic nitrogens is 1. The van der Waals surface area contributed by atoms with Gasteiger partial charge in [-0.05, 0) is 12.1 Å². The van der Waals surface area contributed by atoms with E-state index in [1.54, 1.807) is 0 Å². The number of carbonyl (C=O) groups excluding carboxylic acids is 2. The third-order valence-corrected chi connectivity index (χ3v) is 4.87. The first-order valence-corrected chi connectivity index (χ1v) is 8.79. The molecule has 1 aromatic heterocycles. The van der Waals surface area contributed by atoms with Crippen molar-refractivity contribution in [3.8, 4) is 0 Å². The molecule has 0 atom stereocenters. The molecule has 130 valence electrons. The Morgan fingerprint density at radius 2 is 1.96 bits per heavy atom. The Morgan fingerprint density at radius 3 is 2.72 bits per heavy atom. The first-order valence-electron chi connectivity index (χ1n) is 7.97. The van der Waals surface area contributed by atoms with Gasteiger partial charge in [0.1, 0.15) is 5.00 Å². The lowest BCUT2D eigenvalue weighted by atomic mass is 10.2. The molecule has 0 bridgehead atoms. The Bertz CT molecular complexity index is 816. The molecule has 1 aromatic carbocycles. The number of nitrogens with one attached hydrogen (secondary N) is 3. The first-order chi connectivity index (χ1) is 12.2. The predicted molar refractivity (Wildman–Crippen MR) is 95.7 cm³/mol. The van der Waals surface area contributed by atoms with Gasteiger partial charge < -0.3 is 20.7 Å². The normalized spacial score (nSPS) is 16.9. The van der Waals surface area contributed by atoms with Crippen molar-refractivity contribution >= 4 is 44.7 Å². The molecule has 2 amide bonds. The Balaban J connectivity index is 1.48. The van der Waals surface area contributed by atoms with Crippen molar-refractivity contribution in [1.29, 1.82) is 0 Å². The van der Waals surface area contributed by atoms with Crippen LogP contribution >= 0.6 is 11.3 Å². The van der Waals surface area contributed by atoms with Crippen molar-refractivity contribution in [2.45, 2.75) is 0 Å². The molecule has 9 heteroatoms. The minimum absolute atomic E-state index is 0.147. The van der Waals surface area contributed by atoms with E-state index in [0.717, 1.165) is 18.8 Å². The summed E-state index contributed by atoms with van der Waals surface area (Å²) in [5.74, 6) is -0.441. The molecule has 0 saturated carbocycles. The Labute approximate surface area is 148 Å². The van der Waals surface area contributed by atoms with E-state index in [4.69, 9.17) is 4.74 Å². The molecule has 4 rings (SSSR count). The van der Waals surface area contributed by atoms with Crippen LogP contribution in [0.2, 0.25) is 0 Å². The van der Waals surface area contributed by atoms with Gasteiger partial charge in [0, 0.05) is 13.1 Å². The lowest BCUT2D eigenvalue weighted by Gasteiger charge is -2.25. The monoisotopic (exact) mass is 359 g/mol. The van der Waals surface area contributed by atoms with Crippen molar-refractivity contribution in [2.75, 3.05) is 48.8 Å². The fraction of sp³-hybridized carbons (Fsp3) is 0.312. The van der Waals surface area contributed by atoms with Crippen LogP contribution < -0.4 is 16.0 Å². The quantitative estimate of drug-likeness (QED) is 0.772. The third-order valence-electron chi connectivity index (χ3n) is 3.98. The van der Waals surface area contributed by atoms with E-state index in [-0.39, 0.29) is 24.1 Å². The standard InChI is InChI=1S/C16H17N5O3S/c22-12(9-21-5-7-24-8-6-21)19-16-20-13-14(23)17-10-3-1-2-4-11(10)18-15(13)25-16/h1-4,18H,5-9H2,(H,17,23)(H,19,20,22). The summed E-state index contributed by atoms with van der Waals surface area (Å²) in [4.78, 5) is 30.8. The van der Waals surface area contributed by atoms with Crippen LogP contribution in [0.3, 0.4) is 0 Å². The molecule has 3 N–H and O–H groups in total. The summed E-state index contributed by atoms with van der Waals surface area (Å²) < 4.78 is 5.27. The molecule has 0 aliphatic carbocycles. The highest BCUT2D eigenvalue weighted by atomic mass is 32.1. The molecule has 0 unspecified atom stereocenters. The summed E-state index contributed by atoms with van der Waals surface area (Å²) in [7, 11) is 0. The second-order valence-corrected chi connectivity index (χ2v) is 6.76. The first kappa shape index (κ1) is 16.0. The summed E-state index contributed by atoms with van der Waals surface area (Å²) in [6.45, 7) is 3.05. The zero-order chi connectivity index (χ0) is 17.2. The third kappa shape index (κ3) is 3.48. The molecule has 3 heterocycles. The van der Waals surface area contributed by atoms with E-state index in [2.05, 4.69) is 20.9 Å². The van der Waals surface area contributed by atoms with Gasteiger partial charge in [-0.2, -0.15) is 0 Å². The molecule has 0 radical (unpaired) electrons. The lowest BCUT2D eigenvalue weighted by Crippen LogP contribution is -2.41. The minimum Gasteiger partial charge on any atom is -0.379 e. The van der Waals surface area contributed by atoms with Crippen molar-refractivity contribution in [2.24, 2.45) is 0 Å². The maximum atomic E-state index is 12.3. The van der Waals surface area contributed by atoms with Gasteiger partial charge in [-0.15, -0.1) is 0 Å². The van der Waals surface area contributed by atoms with Crippen LogP contribution in [0.4, 0.5) is 21.5 Å². The summed E-state index contributed by atoms with van der Waals surface area (Å²) in [5, 5.41) is 9.82. The highest BCUT2D eigenvalue weighted by Crippen LogP contribution is 2.36. The van der Waals surface area contributed by atoms with Crippen LogP contribution in [0.1, 0.15) is 10.5 Å². The number of amides is 2. The Hall–Kier alpha value is -2.49. The van der Waals surface area contributed by atoms with E-state index < -0.39 is 0 Å². The maximum absolute atomic E-state index is 12.3. The molecular formula is C16H17N5O3S. The average Bonchev–Trinajstić information content (AvgIpc) is 2.94. The van der Waals surface area contributed by atoms with Crippen LogP contribution in [0.5, 0.6) is 0 Å². The molecule has 2 aliphatic rings. The maximum Gasteiger partial charge on any atom is 0.277 e. The summed E-state index contributed by atoms with van der Waals surface area (Å²) in [6.07, 6.45) is 0. The van der Waals surface area contributed by atoms with Gasteiger partial charge in [-0.25, -0.2) is 4.98 Å². The second kappa shape index (κ2) is 6.79. The van der Waals surface area contributed by atoms with E-state index in [9.17, 15) is 9.59 Å². The van der Waals surface area contributed by atoms with Crippen molar-refractivity contribution in [3.05, 3.63) is 30.0 Å².